The first kappa shape index (κ1) is 21.8. The molecule has 1 aromatic rings. The van der Waals surface area contributed by atoms with Crippen LogP contribution in [0.1, 0.15) is 44.1 Å². The van der Waals surface area contributed by atoms with E-state index in [0.717, 1.165) is 51.9 Å². The minimum absolute atomic E-state index is 0.203. The summed E-state index contributed by atoms with van der Waals surface area (Å²) in [6.45, 7) is 7.42. The van der Waals surface area contributed by atoms with Crippen molar-refractivity contribution < 1.29 is 9.53 Å². The molecular formula is C25H39N3O2. The van der Waals surface area contributed by atoms with Gasteiger partial charge in [0.1, 0.15) is 0 Å². The Bertz CT molecular complexity index is 652. The van der Waals surface area contributed by atoms with E-state index in [2.05, 4.69) is 45.0 Å². The molecule has 4 rings (SSSR count). The van der Waals surface area contributed by atoms with Crippen molar-refractivity contribution in [3.05, 3.63) is 35.9 Å². The van der Waals surface area contributed by atoms with Gasteiger partial charge < -0.3 is 14.5 Å². The summed E-state index contributed by atoms with van der Waals surface area (Å²) in [6, 6.07) is 11.5. The fraction of sp³-hybridized carbons (Fsp3) is 0.720. The summed E-state index contributed by atoms with van der Waals surface area (Å²) in [5.41, 5.74) is 1.44. The Hall–Kier alpha value is -1.43. The maximum atomic E-state index is 13.1. The number of carbonyl (C=O) groups excluding carboxylic acids is 1. The van der Waals surface area contributed by atoms with Crippen LogP contribution in [0.5, 0.6) is 0 Å². The Labute approximate surface area is 182 Å². The van der Waals surface area contributed by atoms with Crippen molar-refractivity contribution in [1.29, 1.82) is 0 Å². The van der Waals surface area contributed by atoms with Crippen molar-refractivity contribution in [2.45, 2.75) is 57.1 Å². The molecule has 0 unspecified atom stereocenters. The van der Waals surface area contributed by atoms with Gasteiger partial charge in [-0.05, 0) is 70.1 Å². The topological polar surface area (TPSA) is 36.0 Å². The van der Waals surface area contributed by atoms with Crippen LogP contribution in [0.15, 0.2) is 30.3 Å². The summed E-state index contributed by atoms with van der Waals surface area (Å²) in [5, 5.41) is 0. The largest absolute Gasteiger partial charge is 0.381 e. The molecule has 3 aliphatic heterocycles. The number of likely N-dealkylation sites (tertiary alicyclic amines) is 3. The zero-order chi connectivity index (χ0) is 20.8. The summed E-state index contributed by atoms with van der Waals surface area (Å²) in [6.07, 6.45) is 8.17. The van der Waals surface area contributed by atoms with Crippen LogP contribution in [0.4, 0.5) is 0 Å². The van der Waals surface area contributed by atoms with Gasteiger partial charge in [0.25, 0.3) is 0 Å². The van der Waals surface area contributed by atoms with Crippen LogP contribution in [0.25, 0.3) is 0 Å². The van der Waals surface area contributed by atoms with Gasteiger partial charge in [0, 0.05) is 39.3 Å². The molecule has 3 heterocycles. The first-order valence-electron chi connectivity index (χ1n) is 12.0. The van der Waals surface area contributed by atoms with Crippen molar-refractivity contribution in [2.75, 3.05) is 52.9 Å². The second-order valence-corrected chi connectivity index (χ2v) is 9.40. The summed E-state index contributed by atoms with van der Waals surface area (Å²) in [5.74, 6) is 0.600. The van der Waals surface area contributed by atoms with Crippen LogP contribution < -0.4 is 0 Å². The van der Waals surface area contributed by atoms with Gasteiger partial charge in [-0.15, -0.1) is 0 Å². The molecule has 5 nitrogen and oxygen atoms in total. The first-order chi connectivity index (χ1) is 14.7. The van der Waals surface area contributed by atoms with Crippen molar-refractivity contribution in [3.63, 3.8) is 0 Å². The van der Waals surface area contributed by atoms with E-state index >= 15 is 0 Å². The van der Waals surface area contributed by atoms with Gasteiger partial charge in [0.2, 0.25) is 5.91 Å². The normalized spacial score (nSPS) is 25.5. The Kier molecular flexibility index (Phi) is 7.80. The highest BCUT2D eigenvalue weighted by molar-refractivity contribution is 5.79. The van der Waals surface area contributed by atoms with Crippen LogP contribution in [-0.4, -0.2) is 85.7 Å². The molecule has 0 radical (unpaired) electrons. The molecule has 30 heavy (non-hydrogen) atoms. The summed E-state index contributed by atoms with van der Waals surface area (Å²) in [4.78, 5) is 20.5. The molecule has 0 aliphatic carbocycles. The molecule has 1 amide bonds. The number of carbonyl (C=O) groups is 1. The van der Waals surface area contributed by atoms with Crippen molar-refractivity contribution in [1.82, 2.24) is 14.7 Å². The Morgan fingerprint density at radius 1 is 0.967 bits per heavy atom. The number of hydrogen-bond acceptors (Lipinski definition) is 4. The van der Waals surface area contributed by atoms with E-state index < -0.39 is 0 Å². The van der Waals surface area contributed by atoms with E-state index in [1.807, 2.05) is 0 Å². The second kappa shape index (κ2) is 10.7. The Morgan fingerprint density at radius 2 is 1.70 bits per heavy atom. The molecule has 3 fully saturated rings. The Morgan fingerprint density at radius 3 is 2.40 bits per heavy atom. The molecule has 0 N–H and O–H groups in total. The molecule has 5 heteroatoms. The highest BCUT2D eigenvalue weighted by atomic mass is 16.5. The number of benzene rings is 1. The number of ether oxygens (including phenoxy) is 1. The van der Waals surface area contributed by atoms with Crippen LogP contribution in [0.3, 0.4) is 0 Å². The number of nitrogens with zero attached hydrogens (tertiary/aromatic N) is 3. The smallest absolute Gasteiger partial charge is 0.226 e. The van der Waals surface area contributed by atoms with E-state index in [1.54, 1.807) is 7.11 Å². The average Bonchev–Trinajstić information content (AvgIpc) is 2.83. The summed E-state index contributed by atoms with van der Waals surface area (Å²) < 4.78 is 5.46. The van der Waals surface area contributed by atoms with Crippen LogP contribution in [0.2, 0.25) is 0 Å². The quantitative estimate of drug-likeness (QED) is 0.718. The average molecular weight is 414 g/mol. The molecule has 3 saturated heterocycles. The fourth-order valence-corrected chi connectivity index (χ4v) is 5.55. The highest BCUT2D eigenvalue weighted by Crippen LogP contribution is 2.26. The van der Waals surface area contributed by atoms with E-state index in [4.69, 9.17) is 4.74 Å². The fourth-order valence-electron chi connectivity index (χ4n) is 5.55. The number of piperidine rings is 3. The van der Waals surface area contributed by atoms with Gasteiger partial charge in [-0.1, -0.05) is 30.3 Å². The van der Waals surface area contributed by atoms with E-state index in [9.17, 15) is 4.79 Å². The molecule has 0 aromatic heterocycles. The third-order valence-corrected chi connectivity index (χ3v) is 7.52. The number of rotatable bonds is 6. The maximum absolute atomic E-state index is 13.1. The van der Waals surface area contributed by atoms with Crippen molar-refractivity contribution >= 4 is 5.91 Å². The predicted octanol–water partition coefficient (Wildman–Crippen LogP) is 3.04. The molecule has 0 bridgehead atoms. The minimum atomic E-state index is 0.203. The molecule has 166 valence electrons. The number of methoxy groups -OCH3 is 1. The van der Waals surface area contributed by atoms with Gasteiger partial charge >= 0.3 is 0 Å². The van der Waals surface area contributed by atoms with Crippen LogP contribution >= 0.6 is 0 Å². The maximum Gasteiger partial charge on any atom is 0.226 e. The monoisotopic (exact) mass is 413 g/mol. The summed E-state index contributed by atoms with van der Waals surface area (Å²) in [7, 11) is 1.79. The molecular weight excluding hydrogens is 374 g/mol. The van der Waals surface area contributed by atoms with Gasteiger partial charge in [-0.25, -0.2) is 0 Å². The van der Waals surface area contributed by atoms with Gasteiger partial charge in [0.15, 0.2) is 0 Å². The van der Waals surface area contributed by atoms with Gasteiger partial charge in [0.05, 0.1) is 12.0 Å². The standard InChI is InChI=1S/C25H39N3O2/c1-30-24-12-18-27(19-13-24)25(29)22-8-5-14-28(20-22)23-10-16-26(17-11-23)15-9-21-6-3-2-4-7-21/h2-4,6-7,22-24H,5,8-20H2,1H3/t22-/m0/s1. The minimum Gasteiger partial charge on any atom is -0.381 e. The zero-order valence-electron chi connectivity index (χ0n) is 18.7. The van der Waals surface area contributed by atoms with E-state index in [0.29, 0.717) is 18.1 Å². The van der Waals surface area contributed by atoms with Crippen molar-refractivity contribution in [3.8, 4) is 0 Å². The lowest BCUT2D eigenvalue weighted by molar-refractivity contribution is -0.140. The van der Waals surface area contributed by atoms with E-state index in [-0.39, 0.29) is 5.92 Å². The van der Waals surface area contributed by atoms with Crippen LogP contribution in [-0.2, 0) is 16.0 Å². The van der Waals surface area contributed by atoms with Gasteiger partial charge in [-0.2, -0.15) is 0 Å². The number of amides is 1. The van der Waals surface area contributed by atoms with E-state index in [1.165, 1.54) is 44.5 Å². The van der Waals surface area contributed by atoms with Crippen molar-refractivity contribution in [2.24, 2.45) is 5.92 Å². The SMILES string of the molecule is COC1CCN(C(=O)[C@H]2CCCN(C3CCN(CCc4ccccc4)CC3)C2)CC1. The Balaban J connectivity index is 1.21. The van der Waals surface area contributed by atoms with Gasteiger partial charge in [-0.3, -0.25) is 9.69 Å². The second-order valence-electron chi connectivity index (χ2n) is 9.40. The zero-order valence-corrected chi connectivity index (χ0v) is 18.7. The highest BCUT2D eigenvalue weighted by Gasteiger charge is 2.34. The number of hydrogen-bond donors (Lipinski definition) is 0. The third-order valence-electron chi connectivity index (χ3n) is 7.52. The summed E-state index contributed by atoms with van der Waals surface area (Å²) >= 11 is 0. The third kappa shape index (κ3) is 5.63. The molecule has 3 aliphatic rings. The lowest BCUT2D eigenvalue weighted by atomic mass is 9.92. The lowest BCUT2D eigenvalue weighted by Gasteiger charge is -2.43. The molecule has 1 atom stereocenters. The molecule has 0 saturated carbocycles. The lowest BCUT2D eigenvalue weighted by Crippen LogP contribution is -2.52. The molecule has 0 spiro atoms. The van der Waals surface area contributed by atoms with Crippen LogP contribution in [0, 0.1) is 5.92 Å². The first-order valence-corrected chi connectivity index (χ1v) is 12.0. The molecule has 1 aromatic carbocycles. The predicted molar refractivity (Wildman–Crippen MR) is 121 cm³/mol.